The van der Waals surface area contributed by atoms with Crippen molar-refractivity contribution in [2.75, 3.05) is 0 Å². The normalized spacial score (nSPS) is 11.7. The summed E-state index contributed by atoms with van der Waals surface area (Å²) in [5.41, 5.74) is 2.50. The van der Waals surface area contributed by atoms with E-state index < -0.39 is 5.97 Å². The van der Waals surface area contributed by atoms with Crippen LogP contribution in [0.25, 0.3) is 0 Å². The van der Waals surface area contributed by atoms with Gasteiger partial charge < -0.3 is 10.4 Å². The van der Waals surface area contributed by atoms with Gasteiger partial charge in [-0.25, -0.2) is 4.79 Å². The summed E-state index contributed by atoms with van der Waals surface area (Å²) >= 11 is 0. The van der Waals surface area contributed by atoms with Crippen molar-refractivity contribution in [1.29, 1.82) is 0 Å². The van der Waals surface area contributed by atoms with E-state index in [0.717, 1.165) is 18.4 Å². The smallest absolute Gasteiger partial charge is 0.335 e. The molecule has 2 aromatic rings. The zero-order chi connectivity index (χ0) is 17.4. The quantitative estimate of drug-likeness (QED) is 0.781. The number of carboxylic acid groups (broad SMARTS) is 1. The van der Waals surface area contributed by atoms with E-state index in [2.05, 4.69) is 17.4 Å². The van der Waals surface area contributed by atoms with E-state index in [9.17, 15) is 9.59 Å². The van der Waals surface area contributed by atoms with Crippen molar-refractivity contribution in [3.63, 3.8) is 0 Å². The predicted octanol–water partition coefficient (Wildman–Crippen LogP) is 3.45. The van der Waals surface area contributed by atoms with Gasteiger partial charge >= 0.3 is 5.97 Å². The number of hydrogen-bond donors (Lipinski definition) is 2. The fraction of sp³-hybridized carbons (Fsp3) is 0.300. The van der Waals surface area contributed by atoms with Gasteiger partial charge in [-0.3, -0.25) is 4.79 Å². The number of carbonyl (C=O) groups excluding carboxylic acids is 1. The van der Waals surface area contributed by atoms with Gasteiger partial charge in [-0.05, 0) is 49.4 Å². The summed E-state index contributed by atoms with van der Waals surface area (Å²) < 4.78 is 0. The standard InChI is InChI=1S/C20H23NO3/c1-15(7-8-16-5-3-2-4-6-16)21-19(22)14-11-17-9-12-18(13-10-17)20(23)24/h2-6,9-10,12-13,15H,7-8,11,14H2,1H3,(H,21,22)(H,23,24). The molecule has 2 aromatic carbocycles. The van der Waals surface area contributed by atoms with E-state index in [4.69, 9.17) is 5.11 Å². The van der Waals surface area contributed by atoms with Crippen molar-refractivity contribution >= 4 is 11.9 Å². The molecule has 4 nitrogen and oxygen atoms in total. The molecule has 0 aliphatic rings. The Bertz CT molecular complexity index is 665. The summed E-state index contributed by atoms with van der Waals surface area (Å²) in [4.78, 5) is 22.8. The Morgan fingerprint density at radius 2 is 1.58 bits per heavy atom. The van der Waals surface area contributed by atoms with Gasteiger partial charge in [0.25, 0.3) is 0 Å². The van der Waals surface area contributed by atoms with Crippen LogP contribution in [0.4, 0.5) is 0 Å². The van der Waals surface area contributed by atoms with Gasteiger partial charge in [-0.1, -0.05) is 42.5 Å². The highest BCUT2D eigenvalue weighted by molar-refractivity contribution is 5.87. The first-order valence-electron chi connectivity index (χ1n) is 8.20. The number of carbonyl (C=O) groups is 2. The maximum absolute atomic E-state index is 12.0. The van der Waals surface area contributed by atoms with Crippen LogP contribution in [0.3, 0.4) is 0 Å². The first-order valence-corrected chi connectivity index (χ1v) is 8.20. The van der Waals surface area contributed by atoms with E-state index in [1.807, 2.05) is 25.1 Å². The molecule has 0 radical (unpaired) electrons. The molecule has 2 N–H and O–H groups in total. The minimum absolute atomic E-state index is 0.0258. The van der Waals surface area contributed by atoms with E-state index in [0.29, 0.717) is 12.8 Å². The van der Waals surface area contributed by atoms with Crippen LogP contribution in [0.1, 0.15) is 41.3 Å². The van der Waals surface area contributed by atoms with Gasteiger partial charge in [0.05, 0.1) is 5.56 Å². The molecular formula is C20H23NO3. The first-order chi connectivity index (χ1) is 11.5. The SMILES string of the molecule is CC(CCc1ccccc1)NC(=O)CCc1ccc(C(=O)O)cc1. The third kappa shape index (κ3) is 5.88. The summed E-state index contributed by atoms with van der Waals surface area (Å²) in [7, 11) is 0. The van der Waals surface area contributed by atoms with Crippen LogP contribution in [0.5, 0.6) is 0 Å². The number of rotatable bonds is 8. The van der Waals surface area contributed by atoms with Crippen LogP contribution >= 0.6 is 0 Å². The lowest BCUT2D eigenvalue weighted by Gasteiger charge is -2.14. The molecule has 2 rings (SSSR count). The van der Waals surface area contributed by atoms with Gasteiger partial charge in [0, 0.05) is 12.5 Å². The molecule has 24 heavy (non-hydrogen) atoms. The second-order valence-electron chi connectivity index (χ2n) is 5.99. The number of aromatic carboxylic acids is 1. The summed E-state index contributed by atoms with van der Waals surface area (Å²) in [6, 6.07) is 17.0. The van der Waals surface area contributed by atoms with Crippen molar-refractivity contribution in [3.05, 3.63) is 71.3 Å². The fourth-order valence-electron chi connectivity index (χ4n) is 2.52. The summed E-state index contributed by atoms with van der Waals surface area (Å²) in [6.45, 7) is 2.02. The number of aryl methyl sites for hydroxylation is 2. The Balaban J connectivity index is 1.71. The maximum atomic E-state index is 12.0. The minimum atomic E-state index is -0.938. The van der Waals surface area contributed by atoms with E-state index >= 15 is 0 Å². The third-order valence-corrected chi connectivity index (χ3v) is 3.96. The lowest BCUT2D eigenvalue weighted by molar-refractivity contribution is -0.121. The van der Waals surface area contributed by atoms with Gasteiger partial charge in [0.2, 0.25) is 5.91 Å². The van der Waals surface area contributed by atoms with Gasteiger partial charge in [-0.15, -0.1) is 0 Å². The topological polar surface area (TPSA) is 66.4 Å². The van der Waals surface area contributed by atoms with E-state index in [1.165, 1.54) is 5.56 Å². The van der Waals surface area contributed by atoms with Crippen molar-refractivity contribution in [2.24, 2.45) is 0 Å². The Morgan fingerprint density at radius 3 is 2.21 bits per heavy atom. The summed E-state index contributed by atoms with van der Waals surface area (Å²) in [5.74, 6) is -0.913. The van der Waals surface area contributed by atoms with Gasteiger partial charge in [0.15, 0.2) is 0 Å². The van der Waals surface area contributed by atoms with Crippen LogP contribution in [0.15, 0.2) is 54.6 Å². The van der Waals surface area contributed by atoms with E-state index in [1.54, 1.807) is 24.3 Å². The summed E-state index contributed by atoms with van der Waals surface area (Å²) in [5, 5.41) is 11.9. The molecule has 0 spiro atoms. The van der Waals surface area contributed by atoms with E-state index in [-0.39, 0.29) is 17.5 Å². The minimum Gasteiger partial charge on any atom is -0.478 e. The second kappa shape index (κ2) is 8.87. The average molecular weight is 325 g/mol. The Hall–Kier alpha value is -2.62. The molecule has 4 heteroatoms. The number of nitrogens with one attached hydrogen (secondary N) is 1. The van der Waals surface area contributed by atoms with Crippen LogP contribution in [0, 0.1) is 0 Å². The monoisotopic (exact) mass is 325 g/mol. The van der Waals surface area contributed by atoms with Crippen molar-refractivity contribution in [1.82, 2.24) is 5.32 Å². The molecule has 0 saturated heterocycles. The lowest BCUT2D eigenvalue weighted by Crippen LogP contribution is -2.33. The molecule has 0 heterocycles. The Kier molecular flexibility index (Phi) is 6.55. The van der Waals surface area contributed by atoms with Crippen molar-refractivity contribution in [3.8, 4) is 0 Å². The highest BCUT2D eigenvalue weighted by Gasteiger charge is 2.08. The maximum Gasteiger partial charge on any atom is 0.335 e. The predicted molar refractivity (Wildman–Crippen MR) is 94.1 cm³/mol. The number of amides is 1. The highest BCUT2D eigenvalue weighted by Crippen LogP contribution is 2.08. The third-order valence-electron chi connectivity index (χ3n) is 3.96. The molecular weight excluding hydrogens is 302 g/mol. The molecule has 0 saturated carbocycles. The zero-order valence-electron chi connectivity index (χ0n) is 13.9. The van der Waals surface area contributed by atoms with Gasteiger partial charge in [-0.2, -0.15) is 0 Å². The van der Waals surface area contributed by atoms with Crippen LogP contribution in [0.2, 0.25) is 0 Å². The summed E-state index contributed by atoms with van der Waals surface area (Å²) in [6.07, 6.45) is 2.86. The van der Waals surface area contributed by atoms with Crippen LogP contribution < -0.4 is 5.32 Å². The molecule has 0 aliphatic heterocycles. The second-order valence-corrected chi connectivity index (χ2v) is 5.99. The molecule has 0 bridgehead atoms. The number of carboxylic acids is 1. The molecule has 1 unspecified atom stereocenters. The zero-order valence-corrected chi connectivity index (χ0v) is 13.9. The highest BCUT2D eigenvalue weighted by atomic mass is 16.4. The molecule has 0 fully saturated rings. The largest absolute Gasteiger partial charge is 0.478 e. The molecule has 0 aliphatic carbocycles. The average Bonchev–Trinajstić information content (AvgIpc) is 2.59. The Morgan fingerprint density at radius 1 is 0.958 bits per heavy atom. The van der Waals surface area contributed by atoms with Gasteiger partial charge in [0.1, 0.15) is 0 Å². The molecule has 1 atom stereocenters. The number of hydrogen-bond acceptors (Lipinski definition) is 2. The lowest BCUT2D eigenvalue weighted by atomic mass is 10.1. The van der Waals surface area contributed by atoms with Crippen molar-refractivity contribution < 1.29 is 14.7 Å². The molecule has 0 aromatic heterocycles. The number of benzene rings is 2. The fourth-order valence-corrected chi connectivity index (χ4v) is 2.52. The first kappa shape index (κ1) is 17.7. The Labute approximate surface area is 142 Å². The molecule has 126 valence electrons. The molecule has 1 amide bonds. The van der Waals surface area contributed by atoms with Crippen LogP contribution in [-0.2, 0) is 17.6 Å². The van der Waals surface area contributed by atoms with Crippen molar-refractivity contribution in [2.45, 2.75) is 38.6 Å². The van der Waals surface area contributed by atoms with Crippen LogP contribution in [-0.4, -0.2) is 23.0 Å².